The minimum absolute atomic E-state index is 0.0588. The predicted molar refractivity (Wildman–Crippen MR) is 69.1 cm³/mol. The van der Waals surface area contributed by atoms with Crippen LogP contribution in [0.2, 0.25) is 0 Å². The summed E-state index contributed by atoms with van der Waals surface area (Å²) in [5, 5.41) is 8.76. The first kappa shape index (κ1) is 14.9. The molecule has 102 valence electrons. The van der Waals surface area contributed by atoms with Crippen LogP contribution in [0.4, 0.5) is 0 Å². The van der Waals surface area contributed by atoms with E-state index in [4.69, 9.17) is 9.84 Å². The SMILES string of the molecule is COC(=O)CCC/C=C\C/C=C/C[C@H]1O[C@@H]1CO. The van der Waals surface area contributed by atoms with Crippen molar-refractivity contribution in [2.45, 2.75) is 44.3 Å². The quantitative estimate of drug-likeness (QED) is 0.296. The lowest BCUT2D eigenvalue weighted by Crippen LogP contribution is -1.98. The van der Waals surface area contributed by atoms with Crippen molar-refractivity contribution in [3.63, 3.8) is 0 Å². The van der Waals surface area contributed by atoms with Gasteiger partial charge in [-0.1, -0.05) is 24.3 Å². The van der Waals surface area contributed by atoms with Gasteiger partial charge in [0.2, 0.25) is 0 Å². The smallest absolute Gasteiger partial charge is 0.305 e. The number of epoxide rings is 1. The molecular formula is C14H22O4. The zero-order valence-corrected chi connectivity index (χ0v) is 10.9. The van der Waals surface area contributed by atoms with E-state index in [-0.39, 0.29) is 24.8 Å². The molecule has 0 amide bonds. The normalized spacial score (nSPS) is 22.8. The van der Waals surface area contributed by atoms with Crippen LogP contribution in [-0.4, -0.2) is 37.0 Å². The maximum Gasteiger partial charge on any atom is 0.305 e. The van der Waals surface area contributed by atoms with Gasteiger partial charge < -0.3 is 14.6 Å². The summed E-state index contributed by atoms with van der Waals surface area (Å²) in [4.78, 5) is 10.8. The molecule has 1 heterocycles. The largest absolute Gasteiger partial charge is 0.469 e. The highest BCUT2D eigenvalue weighted by Crippen LogP contribution is 2.24. The summed E-state index contributed by atoms with van der Waals surface area (Å²) in [6, 6.07) is 0. The molecule has 4 nitrogen and oxygen atoms in total. The van der Waals surface area contributed by atoms with Gasteiger partial charge in [-0.25, -0.2) is 0 Å². The third kappa shape index (κ3) is 6.57. The summed E-state index contributed by atoms with van der Waals surface area (Å²) < 4.78 is 9.75. The maximum absolute atomic E-state index is 10.8. The van der Waals surface area contributed by atoms with Gasteiger partial charge in [0, 0.05) is 6.42 Å². The molecule has 0 spiro atoms. The first-order valence-electron chi connectivity index (χ1n) is 6.41. The second-order valence-electron chi connectivity index (χ2n) is 4.28. The van der Waals surface area contributed by atoms with Gasteiger partial charge in [-0.2, -0.15) is 0 Å². The number of hydrogen-bond acceptors (Lipinski definition) is 4. The standard InChI is InChI=1S/C14H22O4/c1-17-14(16)10-8-6-4-2-3-5-7-9-12-13(11-15)18-12/h2,4-5,7,12-13,15H,3,6,8-11H2,1H3/b4-2-,7-5+/t12-,13-/m1/s1. The Hall–Kier alpha value is -1.13. The summed E-state index contributed by atoms with van der Waals surface area (Å²) >= 11 is 0. The molecule has 4 heteroatoms. The Morgan fingerprint density at radius 2 is 2.06 bits per heavy atom. The first-order valence-corrected chi connectivity index (χ1v) is 6.41. The third-order valence-corrected chi connectivity index (χ3v) is 2.82. The molecule has 0 aliphatic carbocycles. The zero-order chi connectivity index (χ0) is 13.2. The monoisotopic (exact) mass is 254 g/mol. The van der Waals surface area contributed by atoms with E-state index in [2.05, 4.69) is 29.0 Å². The van der Waals surface area contributed by atoms with E-state index in [9.17, 15) is 4.79 Å². The average Bonchev–Trinajstić information content (AvgIpc) is 3.15. The minimum atomic E-state index is -0.147. The second-order valence-corrected chi connectivity index (χ2v) is 4.28. The van der Waals surface area contributed by atoms with Crippen LogP contribution in [0, 0.1) is 0 Å². The topological polar surface area (TPSA) is 59.1 Å². The van der Waals surface area contributed by atoms with Crippen molar-refractivity contribution in [1.29, 1.82) is 0 Å². The lowest BCUT2D eigenvalue weighted by Gasteiger charge is -1.95. The van der Waals surface area contributed by atoms with Crippen LogP contribution in [0.25, 0.3) is 0 Å². The number of aliphatic hydroxyl groups excluding tert-OH is 1. The Balaban J connectivity index is 1.90. The number of aliphatic hydroxyl groups is 1. The summed E-state index contributed by atoms with van der Waals surface area (Å²) in [7, 11) is 1.41. The Morgan fingerprint density at radius 1 is 1.28 bits per heavy atom. The highest BCUT2D eigenvalue weighted by atomic mass is 16.6. The van der Waals surface area contributed by atoms with Crippen LogP contribution in [0.15, 0.2) is 24.3 Å². The van der Waals surface area contributed by atoms with E-state index in [1.807, 2.05) is 0 Å². The van der Waals surface area contributed by atoms with Crippen LogP contribution in [0.5, 0.6) is 0 Å². The lowest BCUT2D eigenvalue weighted by atomic mass is 10.2. The number of ether oxygens (including phenoxy) is 2. The molecule has 1 aliphatic heterocycles. The minimum Gasteiger partial charge on any atom is -0.469 e. The van der Waals surface area contributed by atoms with Crippen LogP contribution in [0.1, 0.15) is 32.1 Å². The third-order valence-electron chi connectivity index (χ3n) is 2.82. The number of esters is 1. The molecule has 0 aromatic rings. The summed E-state index contributed by atoms with van der Waals surface area (Å²) in [6.45, 7) is 0.124. The van der Waals surface area contributed by atoms with Crippen LogP contribution >= 0.6 is 0 Å². The summed E-state index contributed by atoms with van der Waals surface area (Å²) in [5.74, 6) is -0.147. The lowest BCUT2D eigenvalue weighted by molar-refractivity contribution is -0.140. The number of methoxy groups -OCH3 is 1. The Kier molecular flexibility index (Phi) is 7.37. The van der Waals surface area contributed by atoms with E-state index >= 15 is 0 Å². The highest BCUT2D eigenvalue weighted by molar-refractivity contribution is 5.68. The number of unbranched alkanes of at least 4 members (excludes halogenated alkanes) is 1. The maximum atomic E-state index is 10.8. The van der Waals surface area contributed by atoms with Gasteiger partial charge >= 0.3 is 5.97 Å². The molecule has 1 saturated heterocycles. The molecule has 0 radical (unpaired) electrons. The number of rotatable bonds is 9. The average molecular weight is 254 g/mol. The van der Waals surface area contributed by atoms with Gasteiger partial charge in [0.15, 0.2) is 0 Å². The van der Waals surface area contributed by atoms with Crippen LogP contribution in [-0.2, 0) is 14.3 Å². The molecule has 1 fully saturated rings. The second kappa shape index (κ2) is 8.89. The predicted octanol–water partition coefficient (Wildman–Crippen LogP) is 1.98. The van der Waals surface area contributed by atoms with E-state index in [0.717, 1.165) is 25.7 Å². The van der Waals surface area contributed by atoms with Crippen molar-refractivity contribution in [3.8, 4) is 0 Å². The van der Waals surface area contributed by atoms with Gasteiger partial charge in [0.05, 0.1) is 19.8 Å². The van der Waals surface area contributed by atoms with Gasteiger partial charge in [0.1, 0.15) is 6.10 Å². The van der Waals surface area contributed by atoms with Crippen molar-refractivity contribution >= 4 is 5.97 Å². The van der Waals surface area contributed by atoms with E-state index < -0.39 is 0 Å². The Labute approximate surface area is 108 Å². The molecule has 1 aliphatic rings. The summed E-state index contributed by atoms with van der Waals surface area (Å²) in [5.41, 5.74) is 0. The fourth-order valence-corrected chi connectivity index (χ4v) is 1.63. The van der Waals surface area contributed by atoms with E-state index in [1.165, 1.54) is 7.11 Å². The highest BCUT2D eigenvalue weighted by Gasteiger charge is 2.36. The number of carbonyl (C=O) groups is 1. The van der Waals surface area contributed by atoms with Crippen molar-refractivity contribution in [2.75, 3.05) is 13.7 Å². The molecule has 0 bridgehead atoms. The first-order chi connectivity index (χ1) is 8.77. The van der Waals surface area contributed by atoms with Crippen molar-refractivity contribution in [1.82, 2.24) is 0 Å². The van der Waals surface area contributed by atoms with Gasteiger partial charge in [-0.15, -0.1) is 0 Å². The molecule has 0 unspecified atom stereocenters. The Morgan fingerprint density at radius 3 is 2.72 bits per heavy atom. The molecule has 0 aromatic carbocycles. The molecule has 0 aromatic heterocycles. The fourth-order valence-electron chi connectivity index (χ4n) is 1.63. The van der Waals surface area contributed by atoms with Gasteiger partial charge in [-0.3, -0.25) is 4.79 Å². The Bertz CT molecular complexity index is 296. The molecule has 0 saturated carbocycles. The molecule has 1 N–H and O–H groups in total. The summed E-state index contributed by atoms with van der Waals surface area (Å²) in [6.07, 6.45) is 12.6. The molecule has 18 heavy (non-hydrogen) atoms. The zero-order valence-electron chi connectivity index (χ0n) is 10.9. The molecular weight excluding hydrogens is 232 g/mol. The van der Waals surface area contributed by atoms with Crippen molar-refractivity contribution in [3.05, 3.63) is 24.3 Å². The van der Waals surface area contributed by atoms with Gasteiger partial charge in [0.25, 0.3) is 0 Å². The van der Waals surface area contributed by atoms with Crippen LogP contribution < -0.4 is 0 Å². The number of carbonyl (C=O) groups excluding carboxylic acids is 1. The number of hydrogen-bond donors (Lipinski definition) is 1. The molecule has 1 rings (SSSR count). The number of allylic oxidation sites excluding steroid dienone is 3. The van der Waals surface area contributed by atoms with E-state index in [0.29, 0.717) is 6.42 Å². The van der Waals surface area contributed by atoms with Crippen LogP contribution in [0.3, 0.4) is 0 Å². The fraction of sp³-hybridized carbons (Fsp3) is 0.643. The molecule has 2 atom stereocenters. The van der Waals surface area contributed by atoms with E-state index in [1.54, 1.807) is 0 Å². The van der Waals surface area contributed by atoms with Crippen molar-refractivity contribution < 1.29 is 19.4 Å². The van der Waals surface area contributed by atoms with Crippen molar-refractivity contribution in [2.24, 2.45) is 0 Å². The van der Waals surface area contributed by atoms with Gasteiger partial charge in [-0.05, 0) is 25.7 Å².